The Morgan fingerprint density at radius 3 is 3.08 bits per heavy atom. The fourth-order valence-electron chi connectivity index (χ4n) is 1.95. The summed E-state index contributed by atoms with van der Waals surface area (Å²) in [6.07, 6.45) is 1.57. The molecule has 2 aliphatic heterocycles. The lowest BCUT2D eigenvalue weighted by Gasteiger charge is -2.28. The highest BCUT2D eigenvalue weighted by Crippen LogP contribution is 2.23. The third-order valence-corrected chi connectivity index (χ3v) is 2.64. The molecule has 0 aromatic heterocycles. The average Bonchev–Trinajstić information content (AvgIpc) is 2.42. The van der Waals surface area contributed by atoms with Crippen molar-refractivity contribution in [2.75, 3.05) is 13.7 Å². The first-order valence-electron chi connectivity index (χ1n) is 4.37. The number of amides is 2. The van der Waals surface area contributed by atoms with Gasteiger partial charge in [0.15, 0.2) is 0 Å². The van der Waals surface area contributed by atoms with Crippen molar-refractivity contribution in [3.8, 4) is 0 Å². The highest BCUT2D eigenvalue weighted by molar-refractivity contribution is 5.85. The van der Waals surface area contributed by atoms with Crippen LogP contribution < -0.4 is 5.32 Å². The molecule has 72 valence electrons. The smallest absolute Gasteiger partial charge is 0.328 e. The van der Waals surface area contributed by atoms with E-state index in [1.807, 2.05) is 0 Å². The zero-order valence-corrected chi connectivity index (χ0v) is 7.45. The van der Waals surface area contributed by atoms with E-state index in [9.17, 15) is 9.59 Å². The maximum atomic E-state index is 11.3. The van der Waals surface area contributed by atoms with Crippen LogP contribution in [0, 0.1) is 0 Å². The molecule has 2 bridgehead atoms. The molecule has 13 heavy (non-hydrogen) atoms. The van der Waals surface area contributed by atoms with Crippen LogP contribution in [0.15, 0.2) is 0 Å². The van der Waals surface area contributed by atoms with Crippen molar-refractivity contribution >= 4 is 12.0 Å². The van der Waals surface area contributed by atoms with Crippen molar-refractivity contribution in [1.82, 2.24) is 10.2 Å². The van der Waals surface area contributed by atoms with Crippen LogP contribution in [0.1, 0.15) is 12.8 Å². The van der Waals surface area contributed by atoms with Gasteiger partial charge >= 0.3 is 12.0 Å². The van der Waals surface area contributed by atoms with E-state index in [-0.39, 0.29) is 24.1 Å². The molecule has 2 aliphatic rings. The Morgan fingerprint density at radius 1 is 1.62 bits per heavy atom. The highest BCUT2D eigenvalue weighted by atomic mass is 16.5. The van der Waals surface area contributed by atoms with Crippen molar-refractivity contribution in [2.24, 2.45) is 0 Å². The number of rotatable bonds is 1. The van der Waals surface area contributed by atoms with Gasteiger partial charge in [-0.3, -0.25) is 0 Å². The van der Waals surface area contributed by atoms with E-state index in [0.29, 0.717) is 13.0 Å². The van der Waals surface area contributed by atoms with Crippen molar-refractivity contribution in [3.63, 3.8) is 0 Å². The lowest BCUT2D eigenvalue weighted by Crippen LogP contribution is -2.45. The molecule has 0 spiro atoms. The van der Waals surface area contributed by atoms with Gasteiger partial charge in [0.05, 0.1) is 7.11 Å². The fraction of sp³-hybridized carbons (Fsp3) is 0.750. The Bertz CT molecular complexity index is 254. The quantitative estimate of drug-likeness (QED) is 0.570. The van der Waals surface area contributed by atoms with Gasteiger partial charge in [-0.25, -0.2) is 9.59 Å². The normalized spacial score (nSPS) is 31.5. The number of ether oxygens (including phenoxy) is 1. The summed E-state index contributed by atoms with van der Waals surface area (Å²) in [7, 11) is 1.35. The molecule has 2 fully saturated rings. The SMILES string of the molecule is COC(=O)[C@@H]1CC[C@@H]2CN1C(=O)N2. The Balaban J connectivity index is 2.13. The van der Waals surface area contributed by atoms with Crippen molar-refractivity contribution < 1.29 is 14.3 Å². The maximum Gasteiger partial charge on any atom is 0.328 e. The summed E-state index contributed by atoms with van der Waals surface area (Å²) >= 11 is 0. The van der Waals surface area contributed by atoms with E-state index in [0.717, 1.165) is 6.42 Å². The molecule has 1 N–H and O–H groups in total. The number of carbonyl (C=O) groups excluding carboxylic acids is 2. The van der Waals surface area contributed by atoms with Gasteiger partial charge in [0, 0.05) is 12.6 Å². The predicted octanol–water partition coefficient (Wildman–Crippen LogP) is -0.284. The van der Waals surface area contributed by atoms with E-state index < -0.39 is 0 Å². The summed E-state index contributed by atoms with van der Waals surface area (Å²) in [4.78, 5) is 24.1. The van der Waals surface area contributed by atoms with Crippen LogP contribution in [0.3, 0.4) is 0 Å². The minimum Gasteiger partial charge on any atom is -0.467 e. The van der Waals surface area contributed by atoms with Crippen LogP contribution in [0.25, 0.3) is 0 Å². The number of piperidine rings is 1. The number of esters is 1. The van der Waals surface area contributed by atoms with Crippen LogP contribution >= 0.6 is 0 Å². The second-order valence-electron chi connectivity index (χ2n) is 3.42. The molecule has 0 saturated carbocycles. The predicted molar refractivity (Wildman–Crippen MR) is 44.1 cm³/mol. The van der Waals surface area contributed by atoms with Crippen molar-refractivity contribution in [3.05, 3.63) is 0 Å². The molecule has 2 saturated heterocycles. The van der Waals surface area contributed by atoms with E-state index in [1.54, 1.807) is 4.90 Å². The standard InChI is InChI=1S/C8H12N2O3/c1-13-7(11)6-3-2-5-4-10(6)8(12)9-5/h5-6H,2-4H2,1H3,(H,9,12)/t5-,6+/m1/s1. The van der Waals surface area contributed by atoms with Crippen molar-refractivity contribution in [1.29, 1.82) is 0 Å². The van der Waals surface area contributed by atoms with Crippen LogP contribution in [0.5, 0.6) is 0 Å². The van der Waals surface area contributed by atoms with Crippen LogP contribution in [0.4, 0.5) is 4.79 Å². The molecule has 0 aliphatic carbocycles. The van der Waals surface area contributed by atoms with Gasteiger partial charge in [-0.15, -0.1) is 0 Å². The first-order valence-corrected chi connectivity index (χ1v) is 4.37. The molecule has 2 heterocycles. The number of fused-ring (bicyclic) bond motifs is 2. The Labute approximate surface area is 76.0 Å². The minimum absolute atomic E-state index is 0.141. The van der Waals surface area contributed by atoms with Gasteiger partial charge in [-0.1, -0.05) is 0 Å². The van der Waals surface area contributed by atoms with E-state index >= 15 is 0 Å². The maximum absolute atomic E-state index is 11.3. The lowest BCUT2D eigenvalue weighted by atomic mass is 10.0. The van der Waals surface area contributed by atoms with Gasteiger partial charge in [0.2, 0.25) is 0 Å². The summed E-state index contributed by atoms with van der Waals surface area (Å²) in [6.45, 7) is 0.638. The summed E-state index contributed by atoms with van der Waals surface area (Å²) in [5.41, 5.74) is 0. The zero-order chi connectivity index (χ0) is 9.42. The van der Waals surface area contributed by atoms with Gasteiger partial charge in [-0.2, -0.15) is 0 Å². The third-order valence-electron chi connectivity index (χ3n) is 2.64. The van der Waals surface area contributed by atoms with Gasteiger partial charge < -0.3 is 15.0 Å². The van der Waals surface area contributed by atoms with Crippen LogP contribution in [-0.2, 0) is 9.53 Å². The third kappa shape index (κ3) is 1.24. The van der Waals surface area contributed by atoms with Gasteiger partial charge in [0.1, 0.15) is 6.04 Å². The Morgan fingerprint density at radius 2 is 2.38 bits per heavy atom. The van der Waals surface area contributed by atoms with Gasteiger partial charge in [0.25, 0.3) is 0 Å². The summed E-state index contributed by atoms with van der Waals surface area (Å²) < 4.78 is 4.63. The first kappa shape index (κ1) is 8.34. The monoisotopic (exact) mass is 184 g/mol. The average molecular weight is 184 g/mol. The summed E-state index contributed by atoms with van der Waals surface area (Å²) in [6, 6.07) is -0.282. The van der Waals surface area contributed by atoms with E-state index in [4.69, 9.17) is 0 Å². The molecular formula is C8H12N2O3. The van der Waals surface area contributed by atoms with E-state index in [1.165, 1.54) is 7.11 Å². The van der Waals surface area contributed by atoms with Gasteiger partial charge in [-0.05, 0) is 12.8 Å². The molecule has 5 heteroatoms. The fourth-order valence-corrected chi connectivity index (χ4v) is 1.95. The number of hydrogen-bond acceptors (Lipinski definition) is 3. The van der Waals surface area contributed by atoms with Crippen molar-refractivity contribution in [2.45, 2.75) is 24.9 Å². The molecule has 2 atom stereocenters. The molecule has 5 nitrogen and oxygen atoms in total. The number of urea groups is 1. The molecule has 2 amide bonds. The number of hydrogen-bond donors (Lipinski definition) is 1. The summed E-state index contributed by atoms with van der Waals surface area (Å²) in [5, 5.41) is 2.80. The zero-order valence-electron chi connectivity index (χ0n) is 7.45. The minimum atomic E-state index is -0.372. The number of nitrogens with zero attached hydrogens (tertiary/aromatic N) is 1. The molecular weight excluding hydrogens is 172 g/mol. The molecule has 0 aromatic carbocycles. The van der Waals surface area contributed by atoms with E-state index in [2.05, 4.69) is 10.1 Å². The molecule has 2 rings (SSSR count). The number of methoxy groups -OCH3 is 1. The second kappa shape index (κ2) is 2.90. The number of carbonyl (C=O) groups is 2. The largest absolute Gasteiger partial charge is 0.467 e. The number of nitrogens with one attached hydrogen (secondary N) is 1. The van der Waals surface area contributed by atoms with Crippen LogP contribution in [-0.4, -0.2) is 42.6 Å². The topological polar surface area (TPSA) is 58.6 Å². The lowest BCUT2D eigenvalue weighted by molar-refractivity contribution is -0.146. The highest BCUT2D eigenvalue weighted by Gasteiger charge is 2.42. The first-order chi connectivity index (χ1) is 6.22. The summed E-state index contributed by atoms with van der Waals surface area (Å²) in [5.74, 6) is -0.310. The second-order valence-corrected chi connectivity index (χ2v) is 3.42. The molecule has 0 aromatic rings. The molecule has 0 radical (unpaired) electrons. The van der Waals surface area contributed by atoms with Crippen LogP contribution in [0.2, 0.25) is 0 Å². The Kier molecular flexibility index (Phi) is 1.86. The molecule has 0 unspecified atom stereocenters. The Hall–Kier alpha value is -1.26.